The number of fused-ring (bicyclic) bond motifs is 5. The van der Waals surface area contributed by atoms with Gasteiger partial charge in [0.2, 0.25) is 5.91 Å². The predicted octanol–water partition coefficient (Wildman–Crippen LogP) is 6.49. The van der Waals surface area contributed by atoms with Crippen LogP contribution < -0.4 is 30.7 Å². The third-order valence-electron chi connectivity index (χ3n) is 17.9. The van der Waals surface area contributed by atoms with Gasteiger partial charge in [0, 0.05) is 99.1 Å². The number of imide groups is 1. The largest absolute Gasteiger partial charge is 0.508 e. The standard InChI is InChI=1S/C56H63F2N11O5/c1-2-40-44(57)8-3-34-22-39(70)23-42(47(34)40)49-48(58)50-43(27-59-49)51(68-29-36-4-5-37(30-68)61-36)64-54(63-50)74-32-56(11-12-56)31-66-15-13-55(14-16-66)24-33(25-55)28-65-17-19-67(20-18-65)38-6-7-41-35(21-38)26-60-69(53(41)73)45-9-10-46(71)62-52(45)72/h3,6-8,21-23,26-27,33,36-37,45,61,70H,2,4-5,9-20,24-25,28-32H2,1H3,(H,62,71,72). The minimum Gasteiger partial charge on any atom is -0.508 e. The highest BCUT2D eigenvalue weighted by Crippen LogP contribution is 2.54. The number of phenolic OH excluding ortho intramolecular Hbond substituents is 1. The molecule has 3 aromatic carbocycles. The highest BCUT2D eigenvalue weighted by Gasteiger charge is 2.50. The van der Waals surface area contributed by atoms with Gasteiger partial charge in [0.25, 0.3) is 11.5 Å². The fourth-order valence-corrected chi connectivity index (χ4v) is 13.7. The minimum atomic E-state index is -0.784. The molecule has 8 heterocycles. The van der Waals surface area contributed by atoms with E-state index in [1.54, 1.807) is 24.5 Å². The average molecular weight is 1010 g/mol. The van der Waals surface area contributed by atoms with Gasteiger partial charge in [0.15, 0.2) is 5.82 Å². The number of amides is 2. The van der Waals surface area contributed by atoms with Crippen LogP contribution in [0.25, 0.3) is 43.7 Å². The van der Waals surface area contributed by atoms with Crippen LogP contribution in [0.5, 0.6) is 11.8 Å². The fraction of sp³-hybridized carbons (Fsp3) is 0.518. The third kappa shape index (κ3) is 8.69. The Balaban J connectivity index is 0.630. The highest BCUT2D eigenvalue weighted by molar-refractivity contribution is 6.02. The lowest BCUT2D eigenvalue weighted by Crippen LogP contribution is -2.53. The number of anilines is 2. The molecule has 2 aliphatic carbocycles. The average Bonchev–Trinajstić information content (AvgIpc) is 4.09. The summed E-state index contributed by atoms with van der Waals surface area (Å²) in [6.07, 6.45) is 13.4. The molecular formula is C56H63F2N11O5. The van der Waals surface area contributed by atoms with Gasteiger partial charge in [-0.1, -0.05) is 13.0 Å². The first kappa shape index (κ1) is 47.4. The maximum atomic E-state index is 17.2. The Morgan fingerprint density at radius 3 is 2.35 bits per heavy atom. The summed E-state index contributed by atoms with van der Waals surface area (Å²) in [5.41, 5.74) is 2.02. The summed E-state index contributed by atoms with van der Waals surface area (Å²) >= 11 is 0. The fourth-order valence-electron chi connectivity index (χ4n) is 13.7. The number of halogens is 2. The lowest BCUT2D eigenvalue weighted by atomic mass is 9.57. The van der Waals surface area contributed by atoms with Gasteiger partial charge in [0.1, 0.15) is 34.6 Å². The molecule has 3 unspecified atom stereocenters. The maximum absolute atomic E-state index is 17.2. The number of aromatic hydroxyl groups is 1. The minimum absolute atomic E-state index is 0.00276. The zero-order valence-corrected chi connectivity index (χ0v) is 41.9. The summed E-state index contributed by atoms with van der Waals surface area (Å²) in [5, 5.41) is 24.0. The summed E-state index contributed by atoms with van der Waals surface area (Å²) in [4.78, 5) is 61.7. The summed E-state index contributed by atoms with van der Waals surface area (Å²) in [6.45, 7) is 11.8. The van der Waals surface area contributed by atoms with E-state index < -0.39 is 17.8 Å². The molecule has 1 spiro atoms. The topological polar surface area (TPSA) is 174 Å². The number of nitrogens with one attached hydrogen (secondary N) is 2. The number of aromatic nitrogens is 5. The normalized spacial score (nSPS) is 24.0. The molecule has 0 radical (unpaired) electrons. The molecule has 7 aliphatic rings. The molecule has 74 heavy (non-hydrogen) atoms. The first-order valence-corrected chi connectivity index (χ1v) is 26.9. The number of likely N-dealkylation sites (tertiary alicyclic amines) is 1. The molecule has 2 amide bonds. The Bertz CT molecular complexity index is 3280. The Morgan fingerprint density at radius 2 is 1.61 bits per heavy atom. The second kappa shape index (κ2) is 18.5. The number of carbonyl (C=O) groups excluding carboxylic acids is 2. The van der Waals surface area contributed by atoms with Gasteiger partial charge in [-0.2, -0.15) is 15.1 Å². The van der Waals surface area contributed by atoms with Crippen molar-refractivity contribution >= 4 is 55.8 Å². The lowest BCUT2D eigenvalue weighted by Gasteiger charge is -2.54. The number of rotatable bonds is 12. The van der Waals surface area contributed by atoms with Gasteiger partial charge < -0.3 is 29.9 Å². The summed E-state index contributed by atoms with van der Waals surface area (Å²) < 4.78 is 40.2. The quantitative estimate of drug-likeness (QED) is 0.114. The molecule has 5 aliphatic heterocycles. The summed E-state index contributed by atoms with van der Waals surface area (Å²) in [7, 11) is 0. The number of ether oxygens (including phenoxy) is 1. The summed E-state index contributed by atoms with van der Waals surface area (Å²) in [6, 6.07) is 11.9. The molecule has 386 valence electrons. The number of carbonyl (C=O) groups is 2. The van der Waals surface area contributed by atoms with E-state index in [4.69, 9.17) is 14.7 Å². The number of phenols is 1. The second-order valence-electron chi connectivity index (χ2n) is 22.8. The first-order valence-electron chi connectivity index (χ1n) is 26.9. The van der Waals surface area contributed by atoms with E-state index in [-0.39, 0.29) is 58.5 Å². The van der Waals surface area contributed by atoms with Crippen LogP contribution in [-0.2, 0) is 16.0 Å². The Morgan fingerprint density at radius 1 is 0.824 bits per heavy atom. The lowest BCUT2D eigenvalue weighted by molar-refractivity contribution is -0.136. The smallest absolute Gasteiger partial charge is 0.319 e. The van der Waals surface area contributed by atoms with E-state index in [2.05, 4.69) is 40.3 Å². The van der Waals surface area contributed by atoms with Crippen molar-refractivity contribution in [1.29, 1.82) is 0 Å². The number of hydrogen-bond acceptors (Lipinski definition) is 14. The molecule has 2 saturated carbocycles. The third-order valence-corrected chi connectivity index (χ3v) is 17.9. The van der Waals surface area contributed by atoms with Gasteiger partial charge in [-0.25, -0.2) is 13.5 Å². The van der Waals surface area contributed by atoms with Crippen LogP contribution in [0.15, 0.2) is 59.7 Å². The van der Waals surface area contributed by atoms with Gasteiger partial charge in [0.05, 0.1) is 23.6 Å². The Kier molecular flexibility index (Phi) is 11.8. The number of pyridine rings is 1. The van der Waals surface area contributed by atoms with Crippen molar-refractivity contribution in [3.8, 4) is 23.0 Å². The molecular weight excluding hydrogens is 945 g/mol. The Hall–Kier alpha value is -6.37. The van der Waals surface area contributed by atoms with Crippen LogP contribution >= 0.6 is 0 Å². The molecule has 7 fully saturated rings. The van der Waals surface area contributed by atoms with Crippen LogP contribution in [0.1, 0.15) is 82.7 Å². The van der Waals surface area contributed by atoms with E-state index in [1.165, 1.54) is 42.5 Å². The van der Waals surface area contributed by atoms with Crippen LogP contribution in [0.2, 0.25) is 0 Å². The van der Waals surface area contributed by atoms with Gasteiger partial charge in [-0.05, 0) is 141 Å². The van der Waals surface area contributed by atoms with Gasteiger partial charge >= 0.3 is 6.01 Å². The maximum Gasteiger partial charge on any atom is 0.319 e. The van der Waals surface area contributed by atoms with Crippen molar-refractivity contribution in [1.82, 2.24) is 45.2 Å². The van der Waals surface area contributed by atoms with Crippen molar-refractivity contribution in [2.24, 2.45) is 16.7 Å². The van der Waals surface area contributed by atoms with E-state index in [0.29, 0.717) is 74.9 Å². The van der Waals surface area contributed by atoms with Crippen molar-refractivity contribution < 1.29 is 28.2 Å². The Labute approximate surface area is 427 Å². The molecule has 3 N–H and O–H groups in total. The molecule has 3 aromatic heterocycles. The zero-order chi connectivity index (χ0) is 50.5. The number of aryl methyl sites for hydroxylation is 1. The molecule has 13 rings (SSSR count). The number of piperidine rings is 2. The predicted molar refractivity (Wildman–Crippen MR) is 277 cm³/mol. The highest BCUT2D eigenvalue weighted by atomic mass is 19.1. The van der Waals surface area contributed by atoms with Crippen LogP contribution in [0, 0.1) is 28.4 Å². The molecule has 16 nitrogen and oxygen atoms in total. The SMILES string of the molecule is CCc1c(F)ccc2cc(O)cc(-c3ncc4c(N5CC6CCC(C5)N6)nc(OCC5(CN6CCC7(CC6)CC(CN6CCN(c8ccc9c(=O)n(C%10CCC(=O)NC%10=O)ncc9c8)CC6)C7)CC5)nc4c3F)c12. The summed E-state index contributed by atoms with van der Waals surface area (Å²) in [5.74, 6) is -0.585. The van der Waals surface area contributed by atoms with Crippen LogP contribution in [0.3, 0.4) is 0 Å². The first-order chi connectivity index (χ1) is 35.9. The molecule has 5 saturated heterocycles. The van der Waals surface area contributed by atoms with Crippen molar-refractivity contribution in [2.75, 3.05) is 81.9 Å². The molecule has 6 aromatic rings. The van der Waals surface area contributed by atoms with Crippen LogP contribution in [0.4, 0.5) is 20.3 Å². The van der Waals surface area contributed by atoms with Crippen molar-refractivity contribution in [3.63, 3.8) is 0 Å². The number of nitrogens with zero attached hydrogens (tertiary/aromatic N) is 9. The van der Waals surface area contributed by atoms with Crippen molar-refractivity contribution in [3.05, 3.63) is 82.4 Å². The molecule has 2 bridgehead atoms. The number of piperazine rings is 2. The second-order valence-corrected chi connectivity index (χ2v) is 22.8. The molecule has 18 heteroatoms. The number of hydrogen-bond donors (Lipinski definition) is 3. The van der Waals surface area contributed by atoms with E-state index in [0.717, 1.165) is 102 Å². The van der Waals surface area contributed by atoms with E-state index in [1.807, 2.05) is 25.1 Å². The van der Waals surface area contributed by atoms with Crippen molar-refractivity contribution in [2.45, 2.75) is 95.7 Å². The van der Waals surface area contributed by atoms with Gasteiger partial charge in [-0.15, -0.1) is 0 Å². The van der Waals surface area contributed by atoms with Gasteiger partial charge in [-0.3, -0.25) is 29.6 Å². The van der Waals surface area contributed by atoms with E-state index >= 15 is 8.78 Å². The zero-order valence-electron chi connectivity index (χ0n) is 41.9. The van der Waals surface area contributed by atoms with Crippen LogP contribution in [-0.4, -0.2) is 136 Å². The number of benzene rings is 3. The monoisotopic (exact) mass is 1010 g/mol. The molecule has 3 atom stereocenters. The van der Waals surface area contributed by atoms with E-state index in [9.17, 15) is 19.5 Å².